The smallest absolute Gasteiger partial charge is 0.534 e. The molecular formula is C10H12BNO3. The number of hydrogen-bond acceptors (Lipinski definition) is 3. The number of hydrogen-bond donors (Lipinski definition) is 1. The first kappa shape index (κ1) is 10.0. The molecule has 0 atom stereocenters. The third-order valence-electron chi connectivity index (χ3n) is 2.40. The fraction of sp³-hybridized carbons (Fsp3) is 0.300. The van der Waals surface area contributed by atoms with E-state index in [-0.39, 0.29) is 5.56 Å². The molecule has 1 aliphatic rings. The van der Waals surface area contributed by atoms with E-state index in [0.717, 1.165) is 5.46 Å². The number of rotatable bonds is 1. The molecule has 1 N–H and O–H groups in total. The van der Waals surface area contributed by atoms with Crippen LogP contribution >= 0.6 is 0 Å². The van der Waals surface area contributed by atoms with Crippen molar-refractivity contribution in [2.24, 2.45) is 0 Å². The van der Waals surface area contributed by atoms with Gasteiger partial charge in [0.05, 0.1) is 5.76 Å². The van der Waals surface area contributed by atoms with Crippen molar-refractivity contribution in [2.45, 2.75) is 19.4 Å². The van der Waals surface area contributed by atoms with Crippen LogP contribution in [-0.2, 0) is 9.31 Å². The highest BCUT2D eigenvalue weighted by molar-refractivity contribution is 6.62. The van der Waals surface area contributed by atoms with E-state index >= 15 is 0 Å². The van der Waals surface area contributed by atoms with Crippen LogP contribution in [0.1, 0.15) is 13.8 Å². The predicted molar refractivity (Wildman–Crippen MR) is 57.8 cm³/mol. The monoisotopic (exact) mass is 205 g/mol. The molecule has 0 spiro atoms. The van der Waals surface area contributed by atoms with Crippen molar-refractivity contribution in [1.82, 2.24) is 4.98 Å². The van der Waals surface area contributed by atoms with Gasteiger partial charge in [0, 0.05) is 17.7 Å². The van der Waals surface area contributed by atoms with Gasteiger partial charge < -0.3 is 14.3 Å². The van der Waals surface area contributed by atoms with E-state index in [1.807, 2.05) is 13.8 Å². The molecule has 1 fully saturated rings. The zero-order chi connectivity index (χ0) is 11.1. The third kappa shape index (κ3) is 1.83. The van der Waals surface area contributed by atoms with Crippen molar-refractivity contribution in [2.75, 3.05) is 0 Å². The zero-order valence-corrected chi connectivity index (χ0v) is 8.74. The Bertz CT molecular complexity index is 432. The lowest BCUT2D eigenvalue weighted by Gasteiger charge is -2.15. The van der Waals surface area contributed by atoms with Crippen LogP contribution in [0.3, 0.4) is 0 Å². The molecule has 0 unspecified atom stereocenters. The van der Waals surface area contributed by atoms with Gasteiger partial charge >= 0.3 is 7.12 Å². The van der Waals surface area contributed by atoms with Crippen LogP contribution in [0.15, 0.2) is 35.5 Å². The summed E-state index contributed by atoms with van der Waals surface area (Å²) in [4.78, 5) is 13.4. The summed E-state index contributed by atoms with van der Waals surface area (Å²) in [5.41, 5.74) is 0.150. The topological polar surface area (TPSA) is 51.3 Å². The lowest BCUT2D eigenvalue weighted by molar-refractivity contribution is 0.173. The van der Waals surface area contributed by atoms with Gasteiger partial charge in [-0.3, -0.25) is 4.79 Å². The highest BCUT2D eigenvalue weighted by atomic mass is 16.7. The molecule has 15 heavy (non-hydrogen) atoms. The van der Waals surface area contributed by atoms with Crippen molar-refractivity contribution >= 4 is 12.6 Å². The number of nitrogens with one attached hydrogen (secondary N) is 1. The Labute approximate surface area is 88.1 Å². The number of pyridine rings is 1. The highest BCUT2D eigenvalue weighted by Crippen LogP contribution is 2.28. The maximum absolute atomic E-state index is 10.9. The SMILES string of the molecule is C=C1OB(c2ccc(=O)[nH]c2)OC1(C)C. The maximum atomic E-state index is 10.9. The molecule has 1 aromatic rings. The molecule has 1 saturated heterocycles. The first-order valence-electron chi connectivity index (χ1n) is 4.71. The average molecular weight is 205 g/mol. The van der Waals surface area contributed by atoms with E-state index in [2.05, 4.69) is 11.6 Å². The van der Waals surface area contributed by atoms with Crippen molar-refractivity contribution in [1.29, 1.82) is 0 Å². The van der Waals surface area contributed by atoms with Crippen LogP contribution in [0, 0.1) is 0 Å². The lowest BCUT2D eigenvalue weighted by Crippen LogP contribution is -2.35. The second-order valence-electron chi connectivity index (χ2n) is 3.99. The van der Waals surface area contributed by atoms with E-state index in [1.54, 1.807) is 12.3 Å². The van der Waals surface area contributed by atoms with Crippen LogP contribution in [0.25, 0.3) is 0 Å². The minimum absolute atomic E-state index is 0.144. The summed E-state index contributed by atoms with van der Waals surface area (Å²) in [6.07, 6.45) is 1.58. The van der Waals surface area contributed by atoms with E-state index < -0.39 is 12.7 Å². The molecule has 0 amide bonds. The van der Waals surface area contributed by atoms with Crippen molar-refractivity contribution in [3.05, 3.63) is 41.0 Å². The Morgan fingerprint density at radius 3 is 2.67 bits per heavy atom. The van der Waals surface area contributed by atoms with Crippen molar-refractivity contribution in [3.8, 4) is 0 Å². The molecule has 2 heterocycles. The number of H-pyrrole nitrogens is 1. The van der Waals surface area contributed by atoms with Gasteiger partial charge in [0.2, 0.25) is 5.56 Å². The Morgan fingerprint density at radius 1 is 1.47 bits per heavy atom. The van der Waals surface area contributed by atoms with E-state index in [4.69, 9.17) is 9.31 Å². The van der Waals surface area contributed by atoms with Gasteiger partial charge in [-0.25, -0.2) is 0 Å². The lowest BCUT2D eigenvalue weighted by atomic mass is 9.80. The largest absolute Gasteiger partial charge is 0.564 e. The van der Waals surface area contributed by atoms with Gasteiger partial charge in [0.1, 0.15) is 5.60 Å². The zero-order valence-electron chi connectivity index (χ0n) is 8.74. The fourth-order valence-corrected chi connectivity index (χ4v) is 1.33. The van der Waals surface area contributed by atoms with Gasteiger partial charge in [-0.2, -0.15) is 0 Å². The molecule has 1 aliphatic heterocycles. The molecule has 4 nitrogen and oxygen atoms in total. The minimum Gasteiger partial charge on any atom is -0.534 e. The summed E-state index contributed by atoms with van der Waals surface area (Å²) in [7, 11) is -0.482. The third-order valence-corrected chi connectivity index (χ3v) is 2.40. The summed E-state index contributed by atoms with van der Waals surface area (Å²) in [5.74, 6) is 0.596. The summed E-state index contributed by atoms with van der Waals surface area (Å²) in [5, 5.41) is 0. The molecule has 0 radical (unpaired) electrons. The fourth-order valence-electron chi connectivity index (χ4n) is 1.33. The standard InChI is InChI=1S/C10H12BNO3/c1-7-10(2,3)15-11(14-7)8-4-5-9(13)12-6-8/h4-6H,1H2,2-3H3,(H,12,13). The summed E-state index contributed by atoms with van der Waals surface area (Å²) in [6, 6.07) is 3.12. The summed E-state index contributed by atoms with van der Waals surface area (Å²) in [6.45, 7) is 7.56. The molecule has 5 heteroatoms. The Hall–Kier alpha value is -1.49. The first-order chi connectivity index (χ1) is 6.99. The Morgan fingerprint density at radius 2 is 2.20 bits per heavy atom. The minimum atomic E-state index is -0.485. The normalized spacial score (nSPS) is 19.1. The summed E-state index contributed by atoms with van der Waals surface area (Å²) >= 11 is 0. The summed E-state index contributed by atoms with van der Waals surface area (Å²) < 4.78 is 11.1. The van der Waals surface area contributed by atoms with Gasteiger partial charge in [-0.1, -0.05) is 12.6 Å². The van der Waals surface area contributed by atoms with E-state index in [9.17, 15) is 4.79 Å². The van der Waals surface area contributed by atoms with Crippen LogP contribution in [0.2, 0.25) is 0 Å². The molecule has 0 aromatic carbocycles. The number of aromatic nitrogens is 1. The van der Waals surface area contributed by atoms with Crippen molar-refractivity contribution < 1.29 is 9.31 Å². The molecule has 0 aliphatic carbocycles. The molecular weight excluding hydrogens is 193 g/mol. The quantitative estimate of drug-likeness (QED) is 0.675. The van der Waals surface area contributed by atoms with Gasteiger partial charge in [0.25, 0.3) is 0 Å². The molecule has 0 saturated carbocycles. The molecule has 2 rings (SSSR count). The van der Waals surface area contributed by atoms with E-state index in [1.165, 1.54) is 6.07 Å². The van der Waals surface area contributed by atoms with Crippen molar-refractivity contribution in [3.63, 3.8) is 0 Å². The van der Waals surface area contributed by atoms with Crippen LogP contribution < -0.4 is 11.0 Å². The highest BCUT2D eigenvalue weighted by Gasteiger charge is 2.42. The maximum Gasteiger partial charge on any atom is 0.564 e. The second kappa shape index (κ2) is 3.27. The first-order valence-corrected chi connectivity index (χ1v) is 4.71. The van der Waals surface area contributed by atoms with Crippen LogP contribution in [-0.4, -0.2) is 17.7 Å². The Kier molecular flexibility index (Phi) is 2.19. The van der Waals surface area contributed by atoms with Gasteiger partial charge in [-0.05, 0) is 13.8 Å². The average Bonchev–Trinajstić information content (AvgIpc) is 2.42. The van der Waals surface area contributed by atoms with Gasteiger partial charge in [0.15, 0.2) is 0 Å². The van der Waals surface area contributed by atoms with Gasteiger partial charge in [-0.15, -0.1) is 0 Å². The molecule has 0 bridgehead atoms. The second-order valence-corrected chi connectivity index (χ2v) is 3.99. The van der Waals surface area contributed by atoms with Crippen LogP contribution in [0.4, 0.5) is 0 Å². The predicted octanol–water partition coefficient (Wildman–Crippen LogP) is 0.409. The Balaban J connectivity index is 2.25. The van der Waals surface area contributed by atoms with Crippen LogP contribution in [0.5, 0.6) is 0 Å². The number of aromatic amines is 1. The van der Waals surface area contributed by atoms with E-state index in [0.29, 0.717) is 5.76 Å². The molecule has 78 valence electrons. The molecule has 1 aromatic heterocycles.